The third-order valence-electron chi connectivity index (χ3n) is 2.66. The van der Waals surface area contributed by atoms with Crippen molar-refractivity contribution in [2.45, 2.75) is 0 Å². The number of aliphatic imine (C=N–C) groups is 2. The molecule has 0 unspecified atom stereocenters. The molecule has 0 N–H and O–H groups in total. The molecular formula is C16H14MnN2O2+. The van der Waals surface area contributed by atoms with Crippen LogP contribution in [0.3, 0.4) is 0 Å². The third kappa shape index (κ3) is 5.42. The van der Waals surface area contributed by atoms with Crippen molar-refractivity contribution >= 4 is 12.4 Å². The zero-order valence-corrected chi connectivity index (χ0v) is 12.5. The molecule has 0 saturated carbocycles. The number of rotatable bonds is 5. The molecule has 4 nitrogen and oxygen atoms in total. The van der Waals surface area contributed by atoms with E-state index in [1.54, 1.807) is 48.8 Å². The van der Waals surface area contributed by atoms with Gasteiger partial charge in [-0.3, -0.25) is 9.98 Å². The van der Waals surface area contributed by atoms with E-state index in [0.717, 1.165) is 0 Å². The molecule has 0 aliphatic carbocycles. The summed E-state index contributed by atoms with van der Waals surface area (Å²) in [6, 6.07) is 13.5. The van der Waals surface area contributed by atoms with Gasteiger partial charge in [-0.2, -0.15) is 0 Å². The van der Waals surface area contributed by atoms with Crippen LogP contribution in [0, 0.1) is 0 Å². The van der Waals surface area contributed by atoms with E-state index in [1.807, 2.05) is 0 Å². The fourth-order valence-corrected chi connectivity index (χ4v) is 1.62. The summed E-state index contributed by atoms with van der Waals surface area (Å²) in [5, 5.41) is 22.8. The first-order valence-electron chi connectivity index (χ1n) is 6.29. The van der Waals surface area contributed by atoms with Crippen molar-refractivity contribution in [2.75, 3.05) is 13.1 Å². The molecule has 0 saturated heterocycles. The summed E-state index contributed by atoms with van der Waals surface area (Å²) in [7, 11) is 0. The van der Waals surface area contributed by atoms with Crippen LogP contribution in [0.1, 0.15) is 11.1 Å². The van der Waals surface area contributed by atoms with Gasteiger partial charge in [0.15, 0.2) is 0 Å². The first-order chi connectivity index (χ1) is 9.77. The summed E-state index contributed by atoms with van der Waals surface area (Å²) in [5.41, 5.74) is 1.14. The number of nitrogens with zero attached hydrogens (tertiary/aromatic N) is 2. The molecule has 0 atom stereocenters. The van der Waals surface area contributed by atoms with Crippen molar-refractivity contribution in [3.05, 3.63) is 59.7 Å². The first-order valence-corrected chi connectivity index (χ1v) is 6.29. The van der Waals surface area contributed by atoms with E-state index >= 15 is 0 Å². The second kappa shape index (κ2) is 8.95. The minimum Gasteiger partial charge on any atom is -0.872 e. The van der Waals surface area contributed by atoms with Gasteiger partial charge in [0.1, 0.15) is 0 Å². The Labute approximate surface area is 134 Å². The van der Waals surface area contributed by atoms with Crippen LogP contribution in [-0.4, -0.2) is 25.5 Å². The van der Waals surface area contributed by atoms with Crippen LogP contribution in [0.2, 0.25) is 0 Å². The van der Waals surface area contributed by atoms with E-state index in [0.29, 0.717) is 24.2 Å². The van der Waals surface area contributed by atoms with Gasteiger partial charge < -0.3 is 10.2 Å². The number of hydrogen-bond acceptors (Lipinski definition) is 4. The van der Waals surface area contributed by atoms with Crippen LogP contribution < -0.4 is 10.2 Å². The van der Waals surface area contributed by atoms with Gasteiger partial charge in [0.25, 0.3) is 0 Å². The third-order valence-corrected chi connectivity index (χ3v) is 2.66. The number of benzene rings is 2. The van der Waals surface area contributed by atoms with Gasteiger partial charge in [-0.05, 0) is 11.1 Å². The van der Waals surface area contributed by atoms with Crippen LogP contribution >= 0.6 is 0 Å². The Morgan fingerprint density at radius 1 is 0.714 bits per heavy atom. The Morgan fingerprint density at radius 2 is 1.10 bits per heavy atom. The van der Waals surface area contributed by atoms with Crippen LogP contribution in [0.5, 0.6) is 11.5 Å². The van der Waals surface area contributed by atoms with Gasteiger partial charge in [0.2, 0.25) is 0 Å². The van der Waals surface area contributed by atoms with Crippen LogP contribution in [0.4, 0.5) is 0 Å². The molecule has 0 aliphatic rings. The van der Waals surface area contributed by atoms with Crippen molar-refractivity contribution in [3.63, 3.8) is 0 Å². The zero-order chi connectivity index (χ0) is 14.2. The van der Waals surface area contributed by atoms with E-state index in [2.05, 4.69) is 9.98 Å². The predicted molar refractivity (Wildman–Crippen MR) is 76.7 cm³/mol. The van der Waals surface area contributed by atoms with E-state index in [1.165, 1.54) is 12.1 Å². The molecule has 0 heterocycles. The van der Waals surface area contributed by atoms with Crippen molar-refractivity contribution in [1.82, 2.24) is 0 Å². The Hall–Kier alpha value is -2.10. The summed E-state index contributed by atoms with van der Waals surface area (Å²) in [6.07, 6.45) is 3.11. The Kier molecular flexibility index (Phi) is 7.22. The molecule has 0 bridgehead atoms. The summed E-state index contributed by atoms with van der Waals surface area (Å²) >= 11 is 0. The fourth-order valence-electron chi connectivity index (χ4n) is 1.62. The minimum atomic E-state index is -0.0416. The molecule has 0 aromatic heterocycles. The molecule has 0 aliphatic heterocycles. The molecule has 106 valence electrons. The van der Waals surface area contributed by atoms with Crippen molar-refractivity contribution in [2.24, 2.45) is 9.98 Å². The molecule has 0 amide bonds. The van der Waals surface area contributed by atoms with Crippen molar-refractivity contribution in [3.8, 4) is 11.5 Å². The zero-order valence-electron chi connectivity index (χ0n) is 11.3. The molecule has 21 heavy (non-hydrogen) atoms. The van der Waals surface area contributed by atoms with Gasteiger partial charge >= 0.3 is 17.1 Å². The monoisotopic (exact) mass is 321 g/mol. The summed E-state index contributed by atoms with van der Waals surface area (Å²) in [5.74, 6) is -0.0833. The first kappa shape index (κ1) is 17.0. The van der Waals surface area contributed by atoms with E-state index in [-0.39, 0.29) is 28.6 Å². The molecular weight excluding hydrogens is 307 g/mol. The molecule has 0 fully saturated rings. The SMILES string of the molecule is [Mn+3].[O-]c1ccccc1C=NCCN=Cc1ccccc1[O-]. The van der Waals surface area contributed by atoms with Gasteiger partial charge in [0.05, 0.1) is 13.1 Å². The van der Waals surface area contributed by atoms with Crippen molar-refractivity contribution < 1.29 is 27.3 Å². The molecule has 5 heteroatoms. The molecule has 0 radical (unpaired) electrons. The smallest absolute Gasteiger partial charge is 0.872 e. The maximum Gasteiger partial charge on any atom is 3.00 e. The van der Waals surface area contributed by atoms with E-state index in [9.17, 15) is 10.2 Å². The van der Waals surface area contributed by atoms with Gasteiger partial charge in [-0.25, -0.2) is 0 Å². The summed E-state index contributed by atoms with van der Waals surface area (Å²) < 4.78 is 0. The van der Waals surface area contributed by atoms with Crippen molar-refractivity contribution in [1.29, 1.82) is 0 Å². The van der Waals surface area contributed by atoms with Gasteiger partial charge in [0, 0.05) is 12.4 Å². The fraction of sp³-hybridized carbons (Fsp3) is 0.125. The van der Waals surface area contributed by atoms with E-state index in [4.69, 9.17) is 0 Å². The molecule has 2 aromatic rings. The van der Waals surface area contributed by atoms with Crippen LogP contribution in [0.15, 0.2) is 58.5 Å². The summed E-state index contributed by atoms with van der Waals surface area (Å²) in [4.78, 5) is 8.28. The summed E-state index contributed by atoms with van der Waals surface area (Å²) in [6.45, 7) is 0.956. The Bertz CT molecular complexity index is 572. The molecule has 2 rings (SSSR count). The topological polar surface area (TPSA) is 70.8 Å². The standard InChI is InChI=1S/C16H16N2O2.Mn/c19-15-7-3-1-5-13(15)11-17-9-10-18-12-14-6-2-4-8-16(14)20;/h1-8,11-12,19-20H,9-10H2;/q;+3/p-2. The second-order valence-electron chi connectivity index (χ2n) is 4.15. The van der Waals surface area contributed by atoms with Crippen LogP contribution in [-0.2, 0) is 17.1 Å². The van der Waals surface area contributed by atoms with Gasteiger partial charge in [-0.15, -0.1) is 11.5 Å². The predicted octanol–water partition coefficient (Wildman–Crippen LogP) is 1.37. The number of hydrogen-bond donors (Lipinski definition) is 0. The van der Waals surface area contributed by atoms with Crippen LogP contribution in [0.25, 0.3) is 0 Å². The Morgan fingerprint density at radius 3 is 1.48 bits per heavy atom. The molecule has 2 aromatic carbocycles. The maximum absolute atomic E-state index is 11.4. The second-order valence-corrected chi connectivity index (χ2v) is 4.15. The average molecular weight is 321 g/mol. The average Bonchev–Trinajstić information content (AvgIpc) is 2.46. The van der Waals surface area contributed by atoms with E-state index < -0.39 is 0 Å². The maximum atomic E-state index is 11.4. The Balaban J connectivity index is 0.00000220. The molecule has 0 spiro atoms. The quantitative estimate of drug-likeness (QED) is 0.474. The van der Waals surface area contributed by atoms with Gasteiger partial charge in [-0.1, -0.05) is 48.5 Å². The number of para-hydroxylation sites is 2. The minimum absolute atomic E-state index is 0. The normalized spacial score (nSPS) is 10.9. The largest absolute Gasteiger partial charge is 3.00 e.